The highest BCUT2D eigenvalue weighted by Crippen LogP contribution is 2.28. The summed E-state index contributed by atoms with van der Waals surface area (Å²) in [4.78, 5) is 0. The quantitative estimate of drug-likeness (QED) is 0.752. The fraction of sp³-hybridized carbons (Fsp3) is 0.143. The lowest BCUT2D eigenvalue weighted by atomic mass is 10.1. The predicted molar refractivity (Wildman–Crippen MR) is 73.2 cm³/mol. The first-order valence-electron chi connectivity index (χ1n) is 5.54. The third kappa shape index (κ3) is 2.87. The number of halogens is 1. The summed E-state index contributed by atoms with van der Waals surface area (Å²) in [6.45, 7) is 3.67. The second-order valence-electron chi connectivity index (χ2n) is 4.10. The van der Waals surface area contributed by atoms with Crippen molar-refractivity contribution in [1.82, 2.24) is 0 Å². The van der Waals surface area contributed by atoms with Crippen LogP contribution in [0.1, 0.15) is 11.1 Å². The summed E-state index contributed by atoms with van der Waals surface area (Å²) in [5, 5.41) is 18.6. The Balaban J connectivity index is 2.26. The van der Waals surface area contributed by atoms with E-state index < -0.39 is 0 Å². The fourth-order valence-corrected chi connectivity index (χ4v) is 1.74. The molecular formula is C14H13ClN2O. The van der Waals surface area contributed by atoms with E-state index in [1.54, 1.807) is 36.4 Å². The first-order valence-corrected chi connectivity index (χ1v) is 5.91. The Morgan fingerprint density at radius 3 is 1.94 bits per heavy atom. The van der Waals surface area contributed by atoms with Crippen LogP contribution in [0.4, 0.5) is 11.4 Å². The maximum atomic E-state index is 9.66. The van der Waals surface area contributed by atoms with Crippen LogP contribution in [-0.2, 0) is 0 Å². The Kier molecular flexibility index (Phi) is 3.63. The lowest BCUT2D eigenvalue weighted by Crippen LogP contribution is -1.79. The van der Waals surface area contributed by atoms with Crippen molar-refractivity contribution < 1.29 is 5.11 Å². The molecule has 0 bridgehead atoms. The lowest BCUT2D eigenvalue weighted by Gasteiger charge is -2.03. The molecule has 0 fully saturated rings. The summed E-state index contributed by atoms with van der Waals surface area (Å²) in [5.74, 6) is 0.306. The predicted octanol–water partition coefficient (Wildman–Crippen LogP) is 5.08. The van der Waals surface area contributed by atoms with Gasteiger partial charge < -0.3 is 5.11 Å². The largest absolute Gasteiger partial charge is 0.507 e. The number of phenols is 1. The van der Waals surface area contributed by atoms with Crippen LogP contribution in [0.3, 0.4) is 0 Å². The van der Waals surface area contributed by atoms with Crippen LogP contribution in [0, 0.1) is 13.8 Å². The molecule has 0 spiro atoms. The molecule has 4 heteroatoms. The topological polar surface area (TPSA) is 45.0 Å². The van der Waals surface area contributed by atoms with Crippen molar-refractivity contribution >= 4 is 23.0 Å². The van der Waals surface area contributed by atoms with Gasteiger partial charge in [0.25, 0.3) is 0 Å². The first-order chi connectivity index (χ1) is 8.56. The van der Waals surface area contributed by atoms with E-state index in [1.807, 2.05) is 13.8 Å². The number of aryl methyl sites for hydroxylation is 2. The molecule has 3 nitrogen and oxygen atoms in total. The maximum absolute atomic E-state index is 9.66. The normalized spacial score (nSPS) is 11.1. The van der Waals surface area contributed by atoms with Crippen molar-refractivity contribution in [2.45, 2.75) is 13.8 Å². The number of benzene rings is 2. The van der Waals surface area contributed by atoms with E-state index in [2.05, 4.69) is 10.2 Å². The van der Waals surface area contributed by atoms with Crippen LogP contribution in [0.25, 0.3) is 0 Å². The smallest absolute Gasteiger partial charge is 0.121 e. The number of aromatic hydroxyl groups is 1. The molecule has 2 rings (SSSR count). The molecule has 0 heterocycles. The zero-order valence-electron chi connectivity index (χ0n) is 10.2. The van der Waals surface area contributed by atoms with Gasteiger partial charge in [0.15, 0.2) is 0 Å². The van der Waals surface area contributed by atoms with Crippen molar-refractivity contribution in [3.63, 3.8) is 0 Å². The third-order valence-electron chi connectivity index (χ3n) is 2.58. The summed E-state index contributed by atoms with van der Waals surface area (Å²) >= 11 is 5.79. The second-order valence-corrected chi connectivity index (χ2v) is 4.54. The Bertz CT molecular complexity index is 568. The summed E-state index contributed by atoms with van der Waals surface area (Å²) in [6, 6.07) is 10.7. The number of rotatable bonds is 2. The molecule has 1 N–H and O–H groups in total. The van der Waals surface area contributed by atoms with Crippen LogP contribution >= 0.6 is 11.6 Å². The first kappa shape index (κ1) is 12.6. The molecule has 0 radical (unpaired) electrons. The average molecular weight is 261 g/mol. The van der Waals surface area contributed by atoms with E-state index in [0.29, 0.717) is 10.8 Å². The zero-order valence-corrected chi connectivity index (χ0v) is 10.9. The molecule has 0 aliphatic rings. The van der Waals surface area contributed by atoms with Gasteiger partial charge in [0.05, 0.1) is 11.4 Å². The van der Waals surface area contributed by atoms with Crippen LogP contribution < -0.4 is 0 Å². The summed E-state index contributed by atoms with van der Waals surface area (Å²) < 4.78 is 0. The Labute approximate surface area is 111 Å². The number of phenolic OH excluding ortho intramolecular Hbond substituents is 1. The minimum atomic E-state index is 0.306. The van der Waals surface area contributed by atoms with Gasteiger partial charge in [0.1, 0.15) is 5.75 Å². The van der Waals surface area contributed by atoms with Crippen molar-refractivity contribution in [1.29, 1.82) is 0 Å². The summed E-state index contributed by atoms with van der Waals surface area (Å²) in [6.07, 6.45) is 0. The van der Waals surface area contributed by atoms with Gasteiger partial charge in [0.2, 0.25) is 0 Å². The van der Waals surface area contributed by atoms with Gasteiger partial charge >= 0.3 is 0 Å². The number of nitrogens with zero attached hydrogens (tertiary/aromatic N) is 2. The van der Waals surface area contributed by atoms with Crippen LogP contribution in [0.15, 0.2) is 46.6 Å². The molecule has 2 aromatic rings. The van der Waals surface area contributed by atoms with Crippen molar-refractivity contribution in [3.05, 3.63) is 52.5 Å². The molecule has 0 aliphatic heterocycles. The van der Waals surface area contributed by atoms with Crippen molar-refractivity contribution in [2.24, 2.45) is 10.2 Å². The van der Waals surface area contributed by atoms with Crippen molar-refractivity contribution in [2.75, 3.05) is 0 Å². The van der Waals surface area contributed by atoms with Crippen LogP contribution in [0.5, 0.6) is 5.75 Å². The minimum absolute atomic E-state index is 0.306. The molecule has 0 aliphatic carbocycles. The third-order valence-corrected chi connectivity index (χ3v) is 2.84. The van der Waals surface area contributed by atoms with Gasteiger partial charge in [-0.15, -0.1) is 0 Å². The van der Waals surface area contributed by atoms with E-state index in [9.17, 15) is 5.11 Å². The Hall–Kier alpha value is -1.87. The molecule has 0 amide bonds. The van der Waals surface area contributed by atoms with Crippen LogP contribution in [0.2, 0.25) is 5.02 Å². The standard InChI is InChI=1S/C14H13ClN2O/c1-9-7-13(8-10(2)14(9)18)17-16-12-5-3-11(15)4-6-12/h3-8,18H,1-2H3. The number of azo groups is 1. The lowest BCUT2D eigenvalue weighted by molar-refractivity contribution is 0.467. The molecule has 0 saturated heterocycles. The molecule has 0 aromatic heterocycles. The molecule has 0 unspecified atom stereocenters. The van der Waals surface area contributed by atoms with E-state index in [4.69, 9.17) is 11.6 Å². The monoisotopic (exact) mass is 260 g/mol. The highest BCUT2D eigenvalue weighted by molar-refractivity contribution is 6.30. The minimum Gasteiger partial charge on any atom is -0.507 e. The van der Waals surface area contributed by atoms with Crippen LogP contribution in [-0.4, -0.2) is 5.11 Å². The SMILES string of the molecule is Cc1cc(N=Nc2ccc(Cl)cc2)cc(C)c1O. The summed E-state index contributed by atoms with van der Waals surface area (Å²) in [7, 11) is 0. The highest BCUT2D eigenvalue weighted by Gasteiger charge is 2.02. The fourth-order valence-electron chi connectivity index (χ4n) is 1.61. The number of hydrogen-bond acceptors (Lipinski definition) is 3. The maximum Gasteiger partial charge on any atom is 0.121 e. The van der Waals surface area contributed by atoms with Gasteiger partial charge in [-0.1, -0.05) is 11.6 Å². The molecule has 0 saturated carbocycles. The van der Waals surface area contributed by atoms with E-state index in [0.717, 1.165) is 22.5 Å². The van der Waals surface area contributed by atoms with Gasteiger partial charge in [-0.05, 0) is 61.4 Å². The van der Waals surface area contributed by atoms with Gasteiger partial charge in [-0.25, -0.2) is 0 Å². The van der Waals surface area contributed by atoms with Crippen molar-refractivity contribution in [3.8, 4) is 5.75 Å². The second kappa shape index (κ2) is 5.19. The Morgan fingerprint density at radius 2 is 1.39 bits per heavy atom. The van der Waals surface area contributed by atoms with Gasteiger partial charge in [-0.2, -0.15) is 10.2 Å². The van der Waals surface area contributed by atoms with Gasteiger partial charge in [0, 0.05) is 5.02 Å². The van der Waals surface area contributed by atoms with E-state index in [1.165, 1.54) is 0 Å². The molecule has 2 aromatic carbocycles. The van der Waals surface area contributed by atoms with Gasteiger partial charge in [-0.3, -0.25) is 0 Å². The zero-order chi connectivity index (χ0) is 13.1. The summed E-state index contributed by atoms with van der Waals surface area (Å²) in [5.41, 5.74) is 3.04. The number of hydrogen-bond donors (Lipinski definition) is 1. The van der Waals surface area contributed by atoms with E-state index in [-0.39, 0.29) is 0 Å². The molecule has 0 atom stereocenters. The Morgan fingerprint density at radius 1 is 0.889 bits per heavy atom. The highest BCUT2D eigenvalue weighted by atomic mass is 35.5. The van der Waals surface area contributed by atoms with E-state index >= 15 is 0 Å². The molecule has 92 valence electrons. The average Bonchev–Trinajstić information content (AvgIpc) is 2.35. The molecule has 18 heavy (non-hydrogen) atoms. The molecular weight excluding hydrogens is 248 g/mol.